The summed E-state index contributed by atoms with van der Waals surface area (Å²) in [5, 5.41) is 2.88. The molecule has 0 fully saturated rings. The summed E-state index contributed by atoms with van der Waals surface area (Å²) >= 11 is 0. The van der Waals surface area contributed by atoms with Crippen LogP contribution in [0.4, 0.5) is 5.69 Å². The van der Waals surface area contributed by atoms with Gasteiger partial charge < -0.3 is 10.2 Å². The number of hydrogen-bond donors (Lipinski definition) is 1. The van der Waals surface area contributed by atoms with E-state index in [0.717, 1.165) is 11.3 Å². The maximum atomic E-state index is 12.2. The molecule has 0 saturated heterocycles. The maximum Gasteiger partial charge on any atom is 0.251 e. The fourth-order valence-electron chi connectivity index (χ4n) is 2.70. The average Bonchev–Trinajstić information content (AvgIpc) is 2.58. The van der Waals surface area contributed by atoms with Crippen molar-refractivity contribution >= 4 is 17.5 Å². The molecule has 0 aliphatic heterocycles. The molecule has 138 valence electrons. The normalized spacial score (nSPS) is 11.1. The van der Waals surface area contributed by atoms with E-state index >= 15 is 0 Å². The molecule has 0 aromatic heterocycles. The third-order valence-corrected chi connectivity index (χ3v) is 4.36. The quantitative estimate of drug-likeness (QED) is 0.882. The van der Waals surface area contributed by atoms with E-state index in [1.165, 1.54) is 5.56 Å². The maximum absolute atomic E-state index is 12.2. The lowest BCUT2D eigenvalue weighted by atomic mass is 9.87. The predicted octanol–water partition coefficient (Wildman–Crippen LogP) is 4.08. The van der Waals surface area contributed by atoms with Crippen molar-refractivity contribution in [3.05, 3.63) is 65.2 Å². The van der Waals surface area contributed by atoms with Crippen LogP contribution in [0.15, 0.2) is 48.5 Å². The zero-order chi connectivity index (χ0) is 19.3. The Morgan fingerprint density at radius 2 is 1.54 bits per heavy atom. The largest absolute Gasteiger partial charge is 0.350 e. The number of carbonyl (C=O) groups excluding carboxylic acids is 2. The van der Waals surface area contributed by atoms with Crippen molar-refractivity contribution in [2.45, 2.75) is 40.0 Å². The molecule has 4 nitrogen and oxygen atoms in total. The lowest BCUT2D eigenvalue weighted by molar-refractivity contribution is -0.116. The molecule has 2 amide bonds. The first-order valence-corrected chi connectivity index (χ1v) is 8.92. The standard InChI is InChI=1S/C22H28N2O2/c1-16-6-8-18(9-7-16)21(26)23-14-15-24(17(2)25)20-12-10-19(11-13-20)22(3,4)5/h6-13H,14-15H2,1-5H3,(H,23,26). The molecule has 0 radical (unpaired) electrons. The fourth-order valence-corrected chi connectivity index (χ4v) is 2.70. The van der Waals surface area contributed by atoms with Crippen LogP contribution in [0.3, 0.4) is 0 Å². The monoisotopic (exact) mass is 352 g/mol. The number of amides is 2. The van der Waals surface area contributed by atoms with Crippen LogP contribution in [0.2, 0.25) is 0 Å². The Morgan fingerprint density at radius 1 is 0.962 bits per heavy atom. The summed E-state index contributed by atoms with van der Waals surface area (Å²) in [5.41, 5.74) is 3.87. The molecule has 0 unspecified atom stereocenters. The van der Waals surface area contributed by atoms with Crippen molar-refractivity contribution in [1.29, 1.82) is 0 Å². The fraction of sp³-hybridized carbons (Fsp3) is 0.364. The summed E-state index contributed by atoms with van der Waals surface area (Å²) in [6, 6.07) is 15.5. The van der Waals surface area contributed by atoms with Crippen LogP contribution in [0.5, 0.6) is 0 Å². The van der Waals surface area contributed by atoms with Gasteiger partial charge in [0.1, 0.15) is 0 Å². The van der Waals surface area contributed by atoms with Gasteiger partial charge in [0.25, 0.3) is 5.91 Å². The second kappa shape index (κ2) is 8.17. The van der Waals surface area contributed by atoms with Crippen LogP contribution < -0.4 is 10.2 Å². The highest BCUT2D eigenvalue weighted by atomic mass is 16.2. The summed E-state index contributed by atoms with van der Waals surface area (Å²) in [6.07, 6.45) is 0. The minimum atomic E-state index is -0.128. The lowest BCUT2D eigenvalue weighted by Crippen LogP contribution is -2.37. The minimum Gasteiger partial charge on any atom is -0.350 e. The summed E-state index contributed by atoms with van der Waals surface area (Å²) in [6.45, 7) is 10.8. The molecule has 0 bridgehead atoms. The van der Waals surface area contributed by atoms with E-state index in [1.807, 2.05) is 31.2 Å². The van der Waals surface area contributed by atoms with Crippen molar-refractivity contribution < 1.29 is 9.59 Å². The van der Waals surface area contributed by atoms with Gasteiger partial charge >= 0.3 is 0 Å². The smallest absolute Gasteiger partial charge is 0.251 e. The van der Waals surface area contributed by atoms with Crippen LogP contribution in [0, 0.1) is 6.92 Å². The highest BCUT2D eigenvalue weighted by molar-refractivity contribution is 5.94. The number of hydrogen-bond acceptors (Lipinski definition) is 2. The third kappa shape index (κ3) is 5.19. The van der Waals surface area contributed by atoms with Crippen LogP contribution in [-0.4, -0.2) is 24.9 Å². The number of nitrogens with zero attached hydrogens (tertiary/aromatic N) is 1. The van der Waals surface area contributed by atoms with E-state index in [9.17, 15) is 9.59 Å². The Balaban J connectivity index is 1.99. The highest BCUT2D eigenvalue weighted by Crippen LogP contribution is 2.25. The summed E-state index contributed by atoms with van der Waals surface area (Å²) in [4.78, 5) is 25.9. The Kier molecular flexibility index (Phi) is 6.19. The average molecular weight is 352 g/mol. The van der Waals surface area contributed by atoms with E-state index in [2.05, 4.69) is 38.2 Å². The summed E-state index contributed by atoms with van der Waals surface area (Å²) in [5.74, 6) is -0.172. The minimum absolute atomic E-state index is 0.0434. The topological polar surface area (TPSA) is 49.4 Å². The number of aryl methyl sites for hydroxylation is 1. The van der Waals surface area contributed by atoms with Crippen LogP contribution >= 0.6 is 0 Å². The summed E-state index contributed by atoms with van der Waals surface area (Å²) < 4.78 is 0. The van der Waals surface area contributed by atoms with Gasteiger partial charge in [0.15, 0.2) is 0 Å². The van der Waals surface area contributed by atoms with E-state index in [0.29, 0.717) is 18.7 Å². The van der Waals surface area contributed by atoms with Crippen LogP contribution in [-0.2, 0) is 10.2 Å². The van der Waals surface area contributed by atoms with E-state index in [-0.39, 0.29) is 17.2 Å². The molecule has 0 saturated carbocycles. The molecule has 26 heavy (non-hydrogen) atoms. The zero-order valence-corrected chi connectivity index (χ0v) is 16.3. The molecule has 0 spiro atoms. The van der Waals surface area contributed by atoms with Gasteiger partial charge in [-0.25, -0.2) is 0 Å². The van der Waals surface area contributed by atoms with Crippen molar-refractivity contribution in [2.24, 2.45) is 0 Å². The van der Waals surface area contributed by atoms with E-state index in [1.54, 1.807) is 24.0 Å². The van der Waals surface area contributed by atoms with Gasteiger partial charge in [-0.15, -0.1) is 0 Å². The lowest BCUT2D eigenvalue weighted by Gasteiger charge is -2.24. The molecule has 2 aromatic rings. The Hall–Kier alpha value is -2.62. The SMILES string of the molecule is CC(=O)N(CCNC(=O)c1ccc(C)cc1)c1ccc(C(C)(C)C)cc1. The van der Waals surface area contributed by atoms with Crippen molar-refractivity contribution in [3.8, 4) is 0 Å². The first-order valence-electron chi connectivity index (χ1n) is 8.92. The number of benzene rings is 2. The molecule has 4 heteroatoms. The highest BCUT2D eigenvalue weighted by Gasteiger charge is 2.16. The van der Waals surface area contributed by atoms with Crippen molar-refractivity contribution in [1.82, 2.24) is 5.32 Å². The zero-order valence-electron chi connectivity index (χ0n) is 16.3. The van der Waals surface area contributed by atoms with Gasteiger partial charge in [-0.2, -0.15) is 0 Å². The van der Waals surface area contributed by atoms with Crippen molar-refractivity contribution in [3.63, 3.8) is 0 Å². The molecule has 1 N–H and O–H groups in total. The molecule has 0 aliphatic rings. The van der Waals surface area contributed by atoms with E-state index in [4.69, 9.17) is 0 Å². The van der Waals surface area contributed by atoms with E-state index < -0.39 is 0 Å². The molecule has 0 heterocycles. The molecule has 0 atom stereocenters. The Bertz CT molecular complexity index is 756. The van der Waals surface area contributed by atoms with Crippen LogP contribution in [0.1, 0.15) is 49.2 Å². The Labute approximate surface area is 156 Å². The van der Waals surface area contributed by atoms with Gasteiger partial charge in [0, 0.05) is 31.3 Å². The van der Waals surface area contributed by atoms with Gasteiger partial charge in [0.05, 0.1) is 0 Å². The predicted molar refractivity (Wildman–Crippen MR) is 107 cm³/mol. The van der Waals surface area contributed by atoms with Gasteiger partial charge in [0.2, 0.25) is 5.91 Å². The number of nitrogens with one attached hydrogen (secondary N) is 1. The molecule has 0 aliphatic carbocycles. The third-order valence-electron chi connectivity index (χ3n) is 4.36. The number of carbonyl (C=O) groups is 2. The second-order valence-electron chi connectivity index (χ2n) is 7.59. The van der Waals surface area contributed by atoms with Gasteiger partial charge in [-0.1, -0.05) is 50.6 Å². The summed E-state index contributed by atoms with van der Waals surface area (Å²) in [7, 11) is 0. The second-order valence-corrected chi connectivity index (χ2v) is 7.59. The van der Waals surface area contributed by atoms with Crippen molar-refractivity contribution in [2.75, 3.05) is 18.0 Å². The Morgan fingerprint density at radius 3 is 2.04 bits per heavy atom. The molecular weight excluding hydrogens is 324 g/mol. The van der Waals surface area contributed by atoms with Gasteiger partial charge in [-0.3, -0.25) is 9.59 Å². The number of rotatable bonds is 5. The molecule has 2 aromatic carbocycles. The molecular formula is C22H28N2O2. The molecule has 2 rings (SSSR count). The first-order chi connectivity index (χ1) is 12.2. The van der Waals surface area contributed by atoms with Gasteiger partial charge in [-0.05, 0) is 42.2 Å². The van der Waals surface area contributed by atoms with Crippen LogP contribution in [0.25, 0.3) is 0 Å². The number of anilines is 1. The first kappa shape index (κ1) is 19.7.